The van der Waals surface area contributed by atoms with Crippen molar-refractivity contribution < 1.29 is 9.13 Å². The van der Waals surface area contributed by atoms with Gasteiger partial charge in [-0.1, -0.05) is 6.07 Å². The van der Waals surface area contributed by atoms with Crippen LogP contribution in [0, 0.1) is 35.4 Å². The third-order valence-electron chi connectivity index (χ3n) is 2.89. The maximum absolute atomic E-state index is 13.2. The summed E-state index contributed by atoms with van der Waals surface area (Å²) in [6.45, 7) is 1.93. The van der Waals surface area contributed by atoms with Crippen molar-refractivity contribution in [1.82, 2.24) is 0 Å². The molecule has 0 atom stereocenters. The third kappa shape index (κ3) is 2.93. The van der Waals surface area contributed by atoms with Gasteiger partial charge in [-0.25, -0.2) is 4.39 Å². The normalized spacial score (nSPS) is 9.60. The van der Waals surface area contributed by atoms with Gasteiger partial charge in [0.15, 0.2) is 0 Å². The van der Waals surface area contributed by atoms with Crippen molar-refractivity contribution in [3.63, 3.8) is 0 Å². The highest BCUT2D eigenvalue weighted by Crippen LogP contribution is 2.21. The van der Waals surface area contributed by atoms with Crippen LogP contribution in [0.5, 0.6) is 5.75 Å². The molecule has 0 aliphatic rings. The van der Waals surface area contributed by atoms with Crippen LogP contribution in [0.15, 0.2) is 36.4 Å². The van der Waals surface area contributed by atoms with Crippen molar-refractivity contribution in [2.24, 2.45) is 0 Å². The molecule has 2 aromatic rings. The summed E-state index contributed by atoms with van der Waals surface area (Å²) in [6.07, 6.45) is 0. The van der Waals surface area contributed by atoms with Crippen LogP contribution < -0.4 is 4.74 Å². The number of aryl methyl sites for hydroxylation is 1. The van der Waals surface area contributed by atoms with E-state index in [4.69, 9.17) is 15.3 Å². The summed E-state index contributed by atoms with van der Waals surface area (Å²) in [7, 11) is 0. The first-order valence-corrected chi connectivity index (χ1v) is 5.96. The molecule has 0 fully saturated rings. The Bertz CT molecular complexity index is 726. The quantitative estimate of drug-likeness (QED) is 0.854. The number of halogens is 1. The molecule has 0 spiro atoms. The van der Waals surface area contributed by atoms with Crippen LogP contribution in [0.2, 0.25) is 0 Å². The molecule has 98 valence electrons. The standard InChI is InChI=1S/C16H11FN2O/c1-11-2-3-12(8-18)6-16(11)20-10-14-7-15(17)5-4-13(14)9-19/h2-7H,10H2,1H3. The van der Waals surface area contributed by atoms with Crippen LogP contribution in [0.3, 0.4) is 0 Å². The molecule has 0 heterocycles. The Morgan fingerprint density at radius 1 is 1.10 bits per heavy atom. The molecule has 0 radical (unpaired) electrons. The van der Waals surface area contributed by atoms with Gasteiger partial charge >= 0.3 is 0 Å². The van der Waals surface area contributed by atoms with Crippen LogP contribution in [-0.2, 0) is 6.61 Å². The van der Waals surface area contributed by atoms with Gasteiger partial charge in [0.05, 0.1) is 23.3 Å². The van der Waals surface area contributed by atoms with E-state index < -0.39 is 5.82 Å². The van der Waals surface area contributed by atoms with Gasteiger partial charge in [-0.05, 0) is 42.8 Å². The van der Waals surface area contributed by atoms with Crippen molar-refractivity contribution in [3.8, 4) is 17.9 Å². The van der Waals surface area contributed by atoms with E-state index in [1.54, 1.807) is 18.2 Å². The van der Waals surface area contributed by atoms with Gasteiger partial charge in [0.25, 0.3) is 0 Å². The molecule has 0 aliphatic carbocycles. The van der Waals surface area contributed by atoms with Crippen LogP contribution in [-0.4, -0.2) is 0 Å². The highest BCUT2D eigenvalue weighted by molar-refractivity contribution is 5.42. The Balaban J connectivity index is 2.23. The topological polar surface area (TPSA) is 56.8 Å². The number of benzene rings is 2. The molecule has 0 saturated heterocycles. The molecule has 0 aliphatic heterocycles. The van der Waals surface area contributed by atoms with E-state index in [0.29, 0.717) is 22.4 Å². The van der Waals surface area contributed by atoms with E-state index in [2.05, 4.69) is 0 Å². The van der Waals surface area contributed by atoms with Gasteiger partial charge in [-0.2, -0.15) is 10.5 Å². The van der Waals surface area contributed by atoms with Gasteiger partial charge in [-0.3, -0.25) is 0 Å². The molecule has 0 aromatic heterocycles. The first-order chi connectivity index (χ1) is 9.63. The molecule has 0 saturated carbocycles. The van der Waals surface area contributed by atoms with Gasteiger partial charge in [0.1, 0.15) is 18.2 Å². The number of hydrogen-bond donors (Lipinski definition) is 0. The molecular formula is C16H11FN2O. The van der Waals surface area contributed by atoms with Crippen LogP contribution >= 0.6 is 0 Å². The maximum Gasteiger partial charge on any atom is 0.124 e. The molecule has 4 heteroatoms. The van der Waals surface area contributed by atoms with Crippen molar-refractivity contribution in [2.45, 2.75) is 13.5 Å². The van der Waals surface area contributed by atoms with Gasteiger partial charge < -0.3 is 4.74 Å². The van der Waals surface area contributed by atoms with Crippen molar-refractivity contribution in [3.05, 3.63) is 64.5 Å². The van der Waals surface area contributed by atoms with Crippen LogP contribution in [0.25, 0.3) is 0 Å². The monoisotopic (exact) mass is 266 g/mol. The van der Waals surface area contributed by atoms with E-state index in [1.165, 1.54) is 18.2 Å². The smallest absolute Gasteiger partial charge is 0.124 e. The van der Waals surface area contributed by atoms with Crippen molar-refractivity contribution in [2.75, 3.05) is 0 Å². The van der Waals surface area contributed by atoms with Gasteiger partial charge in [-0.15, -0.1) is 0 Å². The van der Waals surface area contributed by atoms with Crippen molar-refractivity contribution >= 4 is 0 Å². The highest BCUT2D eigenvalue weighted by atomic mass is 19.1. The molecule has 3 nitrogen and oxygen atoms in total. The first kappa shape index (κ1) is 13.6. The van der Waals surface area contributed by atoms with Crippen LogP contribution in [0.1, 0.15) is 22.3 Å². The van der Waals surface area contributed by atoms with E-state index in [-0.39, 0.29) is 6.61 Å². The summed E-state index contributed by atoms with van der Waals surface area (Å²) in [5.41, 5.74) is 2.22. The molecule has 2 aromatic carbocycles. The third-order valence-corrected chi connectivity index (χ3v) is 2.89. The summed E-state index contributed by atoms with van der Waals surface area (Å²) in [4.78, 5) is 0. The molecule has 0 N–H and O–H groups in total. The zero-order valence-corrected chi connectivity index (χ0v) is 10.9. The molecule has 2 rings (SSSR count). The summed E-state index contributed by atoms with van der Waals surface area (Å²) in [6, 6.07) is 13.1. The number of nitrogens with zero attached hydrogens (tertiary/aromatic N) is 2. The minimum absolute atomic E-state index is 0.0797. The summed E-state index contributed by atoms with van der Waals surface area (Å²) in [5, 5.41) is 17.8. The van der Waals surface area contributed by atoms with E-state index >= 15 is 0 Å². The number of nitriles is 2. The van der Waals surface area contributed by atoms with Crippen molar-refractivity contribution in [1.29, 1.82) is 10.5 Å². The van der Waals surface area contributed by atoms with E-state index in [0.717, 1.165) is 5.56 Å². The molecule has 0 bridgehead atoms. The minimum Gasteiger partial charge on any atom is -0.489 e. The number of rotatable bonds is 3. The Hall–Kier alpha value is -2.85. The molecule has 0 unspecified atom stereocenters. The lowest BCUT2D eigenvalue weighted by Crippen LogP contribution is -2.00. The minimum atomic E-state index is -0.412. The predicted molar refractivity (Wildman–Crippen MR) is 71.3 cm³/mol. The summed E-state index contributed by atoms with van der Waals surface area (Å²) < 4.78 is 18.8. The Labute approximate surface area is 116 Å². The fraction of sp³-hybridized carbons (Fsp3) is 0.125. The second kappa shape index (κ2) is 5.86. The first-order valence-electron chi connectivity index (χ1n) is 5.96. The summed E-state index contributed by atoms with van der Waals surface area (Å²) in [5.74, 6) is 0.141. The highest BCUT2D eigenvalue weighted by Gasteiger charge is 2.07. The predicted octanol–water partition coefficient (Wildman–Crippen LogP) is 3.46. The lowest BCUT2D eigenvalue weighted by atomic mass is 10.1. The Morgan fingerprint density at radius 2 is 1.90 bits per heavy atom. The molecule has 0 amide bonds. The zero-order chi connectivity index (χ0) is 14.5. The second-order valence-electron chi connectivity index (χ2n) is 4.29. The Kier molecular flexibility index (Phi) is 3.98. The fourth-order valence-corrected chi connectivity index (χ4v) is 1.77. The maximum atomic E-state index is 13.2. The van der Waals surface area contributed by atoms with E-state index in [1.807, 2.05) is 19.1 Å². The largest absolute Gasteiger partial charge is 0.489 e. The zero-order valence-electron chi connectivity index (χ0n) is 10.9. The Morgan fingerprint density at radius 3 is 2.60 bits per heavy atom. The van der Waals surface area contributed by atoms with Gasteiger partial charge in [0.2, 0.25) is 0 Å². The second-order valence-corrected chi connectivity index (χ2v) is 4.29. The van der Waals surface area contributed by atoms with Crippen LogP contribution in [0.4, 0.5) is 4.39 Å². The lowest BCUT2D eigenvalue weighted by molar-refractivity contribution is 0.303. The van der Waals surface area contributed by atoms with Gasteiger partial charge in [0, 0.05) is 5.56 Å². The lowest BCUT2D eigenvalue weighted by Gasteiger charge is -2.10. The average Bonchev–Trinajstić information content (AvgIpc) is 2.46. The SMILES string of the molecule is Cc1ccc(C#N)cc1OCc1cc(F)ccc1C#N. The molecular weight excluding hydrogens is 255 g/mol. The molecule has 20 heavy (non-hydrogen) atoms. The fourth-order valence-electron chi connectivity index (χ4n) is 1.77. The summed E-state index contributed by atoms with van der Waals surface area (Å²) >= 11 is 0. The average molecular weight is 266 g/mol. The number of hydrogen-bond acceptors (Lipinski definition) is 3. The number of ether oxygens (including phenoxy) is 1. The van der Waals surface area contributed by atoms with E-state index in [9.17, 15) is 4.39 Å².